The lowest BCUT2D eigenvalue weighted by atomic mass is 9.89. The molecule has 0 saturated carbocycles. The van der Waals surface area contributed by atoms with E-state index in [9.17, 15) is 19.8 Å². The van der Waals surface area contributed by atoms with Gasteiger partial charge in [0.15, 0.2) is 0 Å². The van der Waals surface area contributed by atoms with E-state index in [4.69, 9.17) is 4.74 Å². The van der Waals surface area contributed by atoms with E-state index in [1.807, 2.05) is 54.6 Å². The molecule has 0 heterocycles. The molecule has 4 atom stereocenters. The van der Waals surface area contributed by atoms with E-state index in [1.165, 1.54) is 0 Å². The lowest BCUT2D eigenvalue weighted by Crippen LogP contribution is -2.51. The van der Waals surface area contributed by atoms with Crippen LogP contribution in [0, 0.1) is 0 Å². The van der Waals surface area contributed by atoms with Gasteiger partial charge in [-0.3, -0.25) is 9.59 Å². The number of aliphatic carboxylic acids is 1. The number of nitrogens with one attached hydrogen (secondary N) is 2. The third-order valence-electron chi connectivity index (χ3n) is 6.12. The number of ether oxygens (including phenoxy) is 1. The number of benzene rings is 2. The molecule has 0 aliphatic rings. The van der Waals surface area contributed by atoms with E-state index in [0.717, 1.165) is 36.1 Å². The van der Waals surface area contributed by atoms with Gasteiger partial charge in [-0.1, -0.05) is 49.4 Å². The van der Waals surface area contributed by atoms with Crippen molar-refractivity contribution in [1.82, 2.24) is 10.6 Å². The van der Waals surface area contributed by atoms with Crippen LogP contribution < -0.4 is 15.4 Å². The topological polar surface area (TPSA) is 108 Å². The van der Waals surface area contributed by atoms with Crippen molar-refractivity contribution in [2.24, 2.45) is 0 Å². The van der Waals surface area contributed by atoms with Crippen molar-refractivity contribution in [1.29, 1.82) is 0 Å². The zero-order valence-corrected chi connectivity index (χ0v) is 20.4. The van der Waals surface area contributed by atoms with Crippen molar-refractivity contribution in [2.75, 3.05) is 13.7 Å². The summed E-state index contributed by atoms with van der Waals surface area (Å²) in [5, 5.41) is 25.8. The van der Waals surface area contributed by atoms with Crippen molar-refractivity contribution in [2.45, 2.75) is 70.1 Å². The third-order valence-corrected chi connectivity index (χ3v) is 6.12. The Hall–Kier alpha value is -2.90. The largest absolute Gasteiger partial charge is 0.497 e. The van der Waals surface area contributed by atoms with Crippen LogP contribution in [0.4, 0.5) is 0 Å². The lowest BCUT2D eigenvalue weighted by molar-refractivity contribution is -0.140. The van der Waals surface area contributed by atoms with E-state index < -0.39 is 30.1 Å². The fraction of sp³-hybridized carbons (Fsp3) is 0.481. The fourth-order valence-corrected chi connectivity index (χ4v) is 3.97. The Morgan fingerprint density at radius 1 is 1.06 bits per heavy atom. The van der Waals surface area contributed by atoms with Gasteiger partial charge < -0.3 is 25.6 Å². The summed E-state index contributed by atoms with van der Waals surface area (Å²) in [6.45, 7) is 4.33. The molecule has 7 heteroatoms. The minimum absolute atomic E-state index is 0.182. The Morgan fingerprint density at radius 2 is 1.74 bits per heavy atom. The second-order valence-electron chi connectivity index (χ2n) is 8.67. The first-order valence-electron chi connectivity index (χ1n) is 12.0. The number of hydrogen-bond donors (Lipinski definition) is 4. The molecule has 1 amide bonds. The van der Waals surface area contributed by atoms with Gasteiger partial charge in [0.05, 0.1) is 31.7 Å². The first kappa shape index (κ1) is 27.3. The number of amides is 1. The van der Waals surface area contributed by atoms with Crippen LogP contribution in [0.25, 0.3) is 0 Å². The molecular formula is C27H38N2O5. The number of carbonyl (C=O) groups excluding carboxylic acids is 1. The molecule has 0 aliphatic heterocycles. The zero-order chi connectivity index (χ0) is 24.9. The number of carboxylic acid groups (broad SMARTS) is 1. The Morgan fingerprint density at radius 3 is 2.32 bits per heavy atom. The first-order valence-corrected chi connectivity index (χ1v) is 12.0. The first-order chi connectivity index (χ1) is 16.3. The summed E-state index contributed by atoms with van der Waals surface area (Å²) < 4.78 is 5.16. The van der Waals surface area contributed by atoms with Crippen LogP contribution in [0.15, 0.2) is 54.6 Å². The average Bonchev–Trinajstić information content (AvgIpc) is 2.84. The molecule has 0 bridgehead atoms. The number of carbonyl (C=O) groups is 2. The van der Waals surface area contributed by atoms with Crippen LogP contribution in [0.1, 0.15) is 56.6 Å². The van der Waals surface area contributed by atoms with Crippen LogP contribution in [0.5, 0.6) is 5.75 Å². The zero-order valence-electron chi connectivity index (χ0n) is 20.4. The summed E-state index contributed by atoms with van der Waals surface area (Å²) in [6.07, 6.45) is 1.88. The van der Waals surface area contributed by atoms with Crippen molar-refractivity contribution in [3.63, 3.8) is 0 Å². The quantitative estimate of drug-likeness (QED) is 0.297. The molecular weight excluding hydrogens is 432 g/mol. The second kappa shape index (κ2) is 14.4. The van der Waals surface area contributed by atoms with Gasteiger partial charge in [-0.2, -0.15) is 0 Å². The minimum Gasteiger partial charge on any atom is -0.497 e. The highest BCUT2D eigenvalue weighted by Crippen LogP contribution is 2.25. The second-order valence-corrected chi connectivity index (χ2v) is 8.67. The van der Waals surface area contributed by atoms with Crippen molar-refractivity contribution < 1.29 is 24.5 Å². The molecule has 0 fully saturated rings. The molecule has 2 aromatic carbocycles. The van der Waals surface area contributed by atoms with E-state index in [0.29, 0.717) is 13.0 Å². The Kier molecular flexibility index (Phi) is 11.6. The molecule has 3 unspecified atom stereocenters. The van der Waals surface area contributed by atoms with Gasteiger partial charge in [0, 0.05) is 0 Å². The molecule has 7 nitrogen and oxygen atoms in total. The third kappa shape index (κ3) is 9.15. The SMILES string of the molecule is CCC(CC(O)C(C)NC(=O)[C@H](CC(=O)O)NCCCc1ccc(OC)cc1)c1ccccc1. The molecule has 186 valence electrons. The minimum atomic E-state index is -1.05. The van der Waals surface area contributed by atoms with Crippen molar-refractivity contribution in [3.8, 4) is 5.75 Å². The summed E-state index contributed by atoms with van der Waals surface area (Å²) in [5.41, 5.74) is 2.30. The van der Waals surface area contributed by atoms with Gasteiger partial charge >= 0.3 is 5.97 Å². The maximum Gasteiger partial charge on any atom is 0.305 e. The predicted molar refractivity (Wildman–Crippen MR) is 133 cm³/mol. The van der Waals surface area contributed by atoms with E-state index >= 15 is 0 Å². The molecule has 2 rings (SSSR count). The summed E-state index contributed by atoms with van der Waals surface area (Å²) in [4.78, 5) is 24.1. The molecule has 0 radical (unpaired) electrons. The summed E-state index contributed by atoms with van der Waals surface area (Å²) in [5.74, 6) is -0.482. The maximum absolute atomic E-state index is 12.8. The van der Waals surface area contributed by atoms with Gasteiger partial charge in [-0.05, 0) is 68.3 Å². The molecule has 0 aromatic heterocycles. The highest BCUT2D eigenvalue weighted by atomic mass is 16.5. The van der Waals surface area contributed by atoms with Gasteiger partial charge in [-0.15, -0.1) is 0 Å². The summed E-state index contributed by atoms with van der Waals surface area (Å²) >= 11 is 0. The average molecular weight is 471 g/mol. The highest BCUT2D eigenvalue weighted by Gasteiger charge is 2.26. The van der Waals surface area contributed by atoms with Gasteiger partial charge in [0.25, 0.3) is 0 Å². The summed E-state index contributed by atoms with van der Waals surface area (Å²) in [6, 6.07) is 16.4. The number of aliphatic hydroxyl groups is 1. The van der Waals surface area contributed by atoms with Crippen LogP contribution in [-0.4, -0.2) is 53.9 Å². The summed E-state index contributed by atoms with van der Waals surface area (Å²) in [7, 11) is 1.62. The Bertz CT molecular complexity index is 872. The van der Waals surface area contributed by atoms with Gasteiger partial charge in [0.2, 0.25) is 5.91 Å². The maximum atomic E-state index is 12.8. The van der Waals surface area contributed by atoms with E-state index in [1.54, 1.807) is 14.0 Å². The Balaban J connectivity index is 1.85. The number of rotatable bonds is 15. The molecule has 0 saturated heterocycles. The monoisotopic (exact) mass is 470 g/mol. The van der Waals surface area contributed by atoms with Crippen molar-refractivity contribution in [3.05, 3.63) is 65.7 Å². The van der Waals surface area contributed by atoms with Gasteiger partial charge in [-0.25, -0.2) is 0 Å². The van der Waals surface area contributed by atoms with E-state index in [-0.39, 0.29) is 12.3 Å². The number of hydrogen-bond acceptors (Lipinski definition) is 5. The van der Waals surface area contributed by atoms with Crippen LogP contribution >= 0.6 is 0 Å². The van der Waals surface area contributed by atoms with Crippen molar-refractivity contribution >= 4 is 11.9 Å². The Labute approximate surface area is 202 Å². The molecule has 0 spiro atoms. The van der Waals surface area contributed by atoms with E-state index in [2.05, 4.69) is 17.6 Å². The molecule has 2 aromatic rings. The lowest BCUT2D eigenvalue weighted by Gasteiger charge is -2.26. The molecule has 0 aliphatic carbocycles. The molecule has 34 heavy (non-hydrogen) atoms. The number of aryl methyl sites for hydroxylation is 1. The highest BCUT2D eigenvalue weighted by molar-refractivity contribution is 5.86. The number of carboxylic acids is 1. The number of methoxy groups -OCH3 is 1. The standard InChI is InChI=1S/C27H38N2O5/c1-4-21(22-10-6-5-7-11-22)17-25(30)19(2)29-27(33)24(18-26(31)32)28-16-8-9-20-12-14-23(34-3)15-13-20/h5-7,10-15,19,21,24-25,28,30H,4,8-9,16-18H2,1-3H3,(H,29,33)(H,31,32)/t19?,21?,24-,25?/m0/s1. The molecule has 4 N–H and O–H groups in total. The van der Waals surface area contributed by atoms with Crippen LogP contribution in [-0.2, 0) is 16.0 Å². The van der Waals surface area contributed by atoms with Crippen LogP contribution in [0.2, 0.25) is 0 Å². The van der Waals surface area contributed by atoms with Crippen LogP contribution in [0.3, 0.4) is 0 Å². The number of aliphatic hydroxyl groups excluding tert-OH is 1. The predicted octanol–water partition coefficient (Wildman–Crippen LogP) is 3.51. The van der Waals surface area contributed by atoms with Gasteiger partial charge in [0.1, 0.15) is 5.75 Å². The smallest absolute Gasteiger partial charge is 0.305 e. The fourth-order valence-electron chi connectivity index (χ4n) is 3.97. The normalized spacial score (nSPS) is 14.6.